The van der Waals surface area contributed by atoms with Crippen molar-refractivity contribution in [3.05, 3.63) is 43.0 Å². The normalized spacial score (nSPS) is 11.8. The Morgan fingerprint density at radius 2 is 2.11 bits per heavy atom. The lowest BCUT2D eigenvalue weighted by Crippen LogP contribution is -2.39. The molecule has 19 heavy (non-hydrogen) atoms. The van der Waals surface area contributed by atoms with Gasteiger partial charge in [-0.05, 0) is 25.5 Å². The van der Waals surface area contributed by atoms with Crippen molar-refractivity contribution in [3.8, 4) is 0 Å². The third-order valence-corrected chi connectivity index (χ3v) is 2.60. The second-order valence-electron chi connectivity index (χ2n) is 4.22. The fourth-order valence-electron chi connectivity index (χ4n) is 1.48. The molecule has 1 unspecified atom stereocenters. The van der Waals surface area contributed by atoms with E-state index >= 15 is 0 Å². The highest BCUT2D eigenvalue weighted by atomic mass is 16.5. The number of anilines is 1. The maximum atomic E-state index is 11.9. The van der Waals surface area contributed by atoms with Crippen molar-refractivity contribution >= 4 is 11.6 Å². The lowest BCUT2D eigenvalue weighted by atomic mass is 10.2. The Morgan fingerprint density at radius 3 is 2.79 bits per heavy atom. The maximum Gasteiger partial charge on any atom is 0.241 e. The molecule has 0 aliphatic rings. The zero-order valence-electron chi connectivity index (χ0n) is 11.4. The first kappa shape index (κ1) is 15.4. The Kier molecular flexibility index (Phi) is 7.54. The van der Waals surface area contributed by atoms with Gasteiger partial charge in [0.15, 0.2) is 0 Å². The summed E-state index contributed by atoms with van der Waals surface area (Å²) in [6.07, 6.45) is 2.67. The highest BCUT2D eigenvalue weighted by Gasteiger charge is 2.11. The van der Waals surface area contributed by atoms with Crippen LogP contribution in [0.3, 0.4) is 0 Å². The summed E-state index contributed by atoms with van der Waals surface area (Å²) in [5, 5.41) is 5.96. The minimum Gasteiger partial charge on any atom is -0.380 e. The SMILES string of the molecule is C=CCCOCCNC(C)C(=O)Nc1ccccc1. The van der Waals surface area contributed by atoms with Crippen molar-refractivity contribution in [3.63, 3.8) is 0 Å². The number of amides is 1. The topological polar surface area (TPSA) is 50.4 Å². The molecule has 0 aliphatic heterocycles. The zero-order chi connectivity index (χ0) is 13.9. The summed E-state index contributed by atoms with van der Waals surface area (Å²) in [6, 6.07) is 9.18. The molecule has 1 atom stereocenters. The molecule has 0 fully saturated rings. The highest BCUT2D eigenvalue weighted by Crippen LogP contribution is 2.05. The molecule has 0 radical (unpaired) electrons. The molecule has 0 saturated carbocycles. The molecular formula is C15H22N2O2. The van der Waals surface area contributed by atoms with E-state index in [2.05, 4.69) is 17.2 Å². The van der Waals surface area contributed by atoms with Gasteiger partial charge in [0, 0.05) is 12.2 Å². The van der Waals surface area contributed by atoms with Gasteiger partial charge in [-0.25, -0.2) is 0 Å². The summed E-state index contributed by atoms with van der Waals surface area (Å²) in [4.78, 5) is 11.9. The van der Waals surface area contributed by atoms with Crippen LogP contribution in [0.4, 0.5) is 5.69 Å². The number of carbonyl (C=O) groups is 1. The van der Waals surface area contributed by atoms with Gasteiger partial charge in [0.2, 0.25) is 5.91 Å². The van der Waals surface area contributed by atoms with Crippen molar-refractivity contribution in [2.75, 3.05) is 25.1 Å². The molecule has 0 heterocycles. The minimum atomic E-state index is -0.247. The largest absolute Gasteiger partial charge is 0.380 e. The molecule has 4 nitrogen and oxygen atoms in total. The van der Waals surface area contributed by atoms with Crippen LogP contribution in [0.5, 0.6) is 0 Å². The first-order chi connectivity index (χ1) is 9.24. The standard InChI is InChI=1S/C15H22N2O2/c1-3-4-11-19-12-10-16-13(2)15(18)17-14-8-6-5-7-9-14/h3,5-9,13,16H,1,4,10-12H2,2H3,(H,17,18). The average Bonchev–Trinajstić information content (AvgIpc) is 2.43. The van der Waals surface area contributed by atoms with Crippen LogP contribution in [-0.2, 0) is 9.53 Å². The lowest BCUT2D eigenvalue weighted by molar-refractivity contribution is -0.117. The van der Waals surface area contributed by atoms with E-state index in [1.54, 1.807) is 0 Å². The second kappa shape index (κ2) is 9.30. The van der Waals surface area contributed by atoms with Crippen LogP contribution >= 0.6 is 0 Å². The smallest absolute Gasteiger partial charge is 0.241 e. The maximum absolute atomic E-state index is 11.9. The van der Waals surface area contributed by atoms with Crippen LogP contribution in [-0.4, -0.2) is 31.7 Å². The molecule has 0 spiro atoms. The van der Waals surface area contributed by atoms with Crippen LogP contribution < -0.4 is 10.6 Å². The van der Waals surface area contributed by atoms with Crippen LogP contribution in [0, 0.1) is 0 Å². The van der Waals surface area contributed by atoms with E-state index in [1.165, 1.54) is 0 Å². The molecule has 2 N–H and O–H groups in total. The van der Waals surface area contributed by atoms with Gasteiger partial charge in [-0.3, -0.25) is 4.79 Å². The van der Waals surface area contributed by atoms with Gasteiger partial charge in [0.1, 0.15) is 0 Å². The van der Waals surface area contributed by atoms with E-state index < -0.39 is 0 Å². The van der Waals surface area contributed by atoms with Crippen LogP contribution in [0.25, 0.3) is 0 Å². The Labute approximate surface area is 114 Å². The Hall–Kier alpha value is -1.65. The van der Waals surface area contributed by atoms with E-state index in [0.717, 1.165) is 12.1 Å². The van der Waals surface area contributed by atoms with Gasteiger partial charge in [-0.1, -0.05) is 24.3 Å². The Balaban J connectivity index is 2.16. The summed E-state index contributed by atoms with van der Waals surface area (Å²) in [7, 11) is 0. The van der Waals surface area contributed by atoms with Crippen molar-refractivity contribution in [1.82, 2.24) is 5.32 Å². The van der Waals surface area contributed by atoms with E-state index in [-0.39, 0.29) is 11.9 Å². The van der Waals surface area contributed by atoms with E-state index in [4.69, 9.17) is 4.74 Å². The molecule has 0 bridgehead atoms. The number of carbonyl (C=O) groups excluding carboxylic acids is 1. The van der Waals surface area contributed by atoms with Crippen LogP contribution in [0.1, 0.15) is 13.3 Å². The summed E-state index contributed by atoms with van der Waals surface area (Å²) >= 11 is 0. The Bertz CT molecular complexity index is 379. The van der Waals surface area contributed by atoms with E-state index in [9.17, 15) is 4.79 Å². The third-order valence-electron chi connectivity index (χ3n) is 2.60. The van der Waals surface area contributed by atoms with Crippen LogP contribution in [0.15, 0.2) is 43.0 Å². The van der Waals surface area contributed by atoms with Gasteiger partial charge < -0.3 is 15.4 Å². The number of rotatable bonds is 9. The van der Waals surface area contributed by atoms with Crippen molar-refractivity contribution in [2.45, 2.75) is 19.4 Å². The van der Waals surface area contributed by atoms with Crippen molar-refractivity contribution < 1.29 is 9.53 Å². The number of hydrogen-bond donors (Lipinski definition) is 2. The number of hydrogen-bond acceptors (Lipinski definition) is 3. The molecule has 4 heteroatoms. The van der Waals surface area contributed by atoms with E-state index in [1.807, 2.05) is 43.3 Å². The Morgan fingerprint density at radius 1 is 1.37 bits per heavy atom. The fourth-order valence-corrected chi connectivity index (χ4v) is 1.48. The highest BCUT2D eigenvalue weighted by molar-refractivity contribution is 5.94. The van der Waals surface area contributed by atoms with Crippen molar-refractivity contribution in [2.24, 2.45) is 0 Å². The predicted molar refractivity (Wildman–Crippen MR) is 78.2 cm³/mol. The number of nitrogens with one attached hydrogen (secondary N) is 2. The number of ether oxygens (including phenoxy) is 1. The third kappa shape index (κ3) is 6.74. The minimum absolute atomic E-state index is 0.0442. The molecule has 104 valence electrons. The molecular weight excluding hydrogens is 240 g/mol. The summed E-state index contributed by atoms with van der Waals surface area (Å²) in [5.74, 6) is -0.0442. The summed E-state index contributed by atoms with van der Waals surface area (Å²) < 4.78 is 5.36. The van der Waals surface area contributed by atoms with E-state index in [0.29, 0.717) is 19.8 Å². The van der Waals surface area contributed by atoms with Gasteiger partial charge in [-0.2, -0.15) is 0 Å². The molecule has 0 aromatic heterocycles. The second-order valence-corrected chi connectivity index (χ2v) is 4.22. The fraction of sp³-hybridized carbons (Fsp3) is 0.400. The number of para-hydroxylation sites is 1. The predicted octanol–water partition coefficient (Wildman–Crippen LogP) is 2.20. The summed E-state index contributed by atoms with van der Waals surface area (Å²) in [6.45, 7) is 7.38. The summed E-state index contributed by atoms with van der Waals surface area (Å²) in [5.41, 5.74) is 0.809. The lowest BCUT2D eigenvalue weighted by Gasteiger charge is -2.14. The first-order valence-corrected chi connectivity index (χ1v) is 6.52. The molecule has 0 aliphatic carbocycles. The molecule has 1 aromatic rings. The zero-order valence-corrected chi connectivity index (χ0v) is 11.4. The quantitative estimate of drug-likeness (QED) is 0.530. The molecule has 1 aromatic carbocycles. The molecule has 0 saturated heterocycles. The van der Waals surface area contributed by atoms with Gasteiger partial charge in [0.25, 0.3) is 0 Å². The first-order valence-electron chi connectivity index (χ1n) is 6.52. The molecule has 1 amide bonds. The average molecular weight is 262 g/mol. The van der Waals surface area contributed by atoms with Crippen molar-refractivity contribution in [1.29, 1.82) is 0 Å². The van der Waals surface area contributed by atoms with Crippen LogP contribution in [0.2, 0.25) is 0 Å². The number of benzene rings is 1. The monoisotopic (exact) mass is 262 g/mol. The molecule has 1 rings (SSSR count). The van der Waals surface area contributed by atoms with Gasteiger partial charge in [-0.15, -0.1) is 6.58 Å². The van der Waals surface area contributed by atoms with Gasteiger partial charge >= 0.3 is 0 Å². The van der Waals surface area contributed by atoms with Gasteiger partial charge in [0.05, 0.1) is 19.3 Å².